The molecule has 7 nitrogen and oxygen atoms in total. The normalized spacial score (nSPS) is 17.8. The summed E-state index contributed by atoms with van der Waals surface area (Å²) in [7, 11) is -3.89. The highest BCUT2D eigenvalue weighted by atomic mass is 32.2. The zero-order valence-electron chi connectivity index (χ0n) is 16.0. The molecule has 1 aromatic heterocycles. The highest BCUT2D eigenvalue weighted by Gasteiger charge is 2.41. The summed E-state index contributed by atoms with van der Waals surface area (Å²) in [5.74, 6) is -0.635. The number of amides is 2. The maximum atomic E-state index is 13.3. The molecule has 0 bridgehead atoms. The van der Waals surface area contributed by atoms with Crippen molar-refractivity contribution in [2.75, 3.05) is 11.4 Å². The minimum absolute atomic E-state index is 0.00751. The van der Waals surface area contributed by atoms with E-state index in [9.17, 15) is 18.0 Å². The number of benzene rings is 2. The lowest BCUT2D eigenvalue weighted by Crippen LogP contribution is -2.40. The number of furan rings is 1. The van der Waals surface area contributed by atoms with Gasteiger partial charge in [0.1, 0.15) is 17.6 Å². The Bertz CT molecular complexity index is 1160. The van der Waals surface area contributed by atoms with Crippen molar-refractivity contribution in [3.63, 3.8) is 0 Å². The molecule has 2 amide bonds. The molecule has 3 aromatic rings. The highest BCUT2D eigenvalue weighted by molar-refractivity contribution is 7.91. The van der Waals surface area contributed by atoms with Crippen LogP contribution >= 0.6 is 0 Å². The second-order valence-corrected chi connectivity index (χ2v) is 9.06. The number of rotatable bonds is 5. The lowest BCUT2D eigenvalue weighted by Gasteiger charge is -2.21. The van der Waals surface area contributed by atoms with Crippen LogP contribution in [0.5, 0.6) is 0 Å². The monoisotopic (exact) mass is 424 g/mol. The van der Waals surface area contributed by atoms with Gasteiger partial charge in [-0.25, -0.2) is 8.42 Å². The molecule has 1 unspecified atom stereocenters. The minimum Gasteiger partial charge on any atom is -0.468 e. The number of carbonyl (C=O) groups is 2. The molecule has 1 aliphatic rings. The van der Waals surface area contributed by atoms with Crippen LogP contribution in [0.3, 0.4) is 0 Å². The molecule has 154 valence electrons. The summed E-state index contributed by atoms with van der Waals surface area (Å²) in [4.78, 5) is 26.8. The van der Waals surface area contributed by atoms with E-state index >= 15 is 0 Å². The van der Waals surface area contributed by atoms with E-state index in [1.807, 2.05) is 30.3 Å². The van der Waals surface area contributed by atoms with Crippen molar-refractivity contribution < 1.29 is 22.4 Å². The molecule has 0 radical (unpaired) electrons. The van der Waals surface area contributed by atoms with Crippen LogP contribution in [0.2, 0.25) is 0 Å². The lowest BCUT2D eigenvalue weighted by atomic mass is 10.2. The number of hydrogen-bond acceptors (Lipinski definition) is 5. The zero-order valence-corrected chi connectivity index (χ0v) is 16.8. The first-order valence-electron chi connectivity index (χ1n) is 9.44. The first-order chi connectivity index (χ1) is 14.5. The summed E-state index contributed by atoms with van der Waals surface area (Å²) in [5, 5.41) is 1.64. The Morgan fingerprint density at radius 2 is 1.77 bits per heavy atom. The molecule has 0 fully saturated rings. The van der Waals surface area contributed by atoms with Crippen molar-refractivity contribution in [2.45, 2.75) is 23.1 Å². The van der Waals surface area contributed by atoms with Gasteiger partial charge in [0.2, 0.25) is 11.8 Å². The molecule has 0 aliphatic carbocycles. The quantitative estimate of drug-likeness (QED) is 0.679. The number of sulfone groups is 1. The lowest BCUT2D eigenvalue weighted by molar-refractivity contribution is -0.124. The van der Waals surface area contributed by atoms with E-state index in [2.05, 4.69) is 5.32 Å². The Labute approximate surface area is 174 Å². The summed E-state index contributed by atoms with van der Waals surface area (Å²) in [5.41, 5.74) is 1.13. The van der Waals surface area contributed by atoms with E-state index < -0.39 is 21.0 Å². The van der Waals surface area contributed by atoms with Gasteiger partial charge in [-0.15, -0.1) is 0 Å². The van der Waals surface area contributed by atoms with Crippen LogP contribution in [0, 0.1) is 0 Å². The predicted octanol–water partition coefficient (Wildman–Crippen LogP) is 2.85. The minimum atomic E-state index is -3.89. The Kier molecular flexibility index (Phi) is 5.41. The first-order valence-corrected chi connectivity index (χ1v) is 11.0. The van der Waals surface area contributed by atoms with E-state index in [1.54, 1.807) is 30.3 Å². The smallest absolute Gasteiger partial charge is 0.240 e. The molecule has 8 heteroatoms. The molecule has 0 saturated heterocycles. The number of nitrogens with zero attached hydrogens (tertiary/aromatic N) is 1. The molecule has 0 saturated carbocycles. The second kappa shape index (κ2) is 8.16. The standard InChI is InChI=1S/C22H20N2O5S/c25-21(23-14-16-7-2-1-3-8-16)15-24-17-9-4-5-11-19(17)30(27,28)20(13-22(24)26)18-10-6-12-29-18/h1-12,20H,13-15H2,(H,23,25). The van der Waals surface area contributed by atoms with Crippen molar-refractivity contribution in [2.24, 2.45) is 0 Å². The average molecular weight is 424 g/mol. The van der Waals surface area contributed by atoms with Crippen LogP contribution in [-0.2, 0) is 26.0 Å². The molecule has 1 aliphatic heterocycles. The van der Waals surface area contributed by atoms with Crippen molar-refractivity contribution >= 4 is 27.3 Å². The third-order valence-electron chi connectivity index (χ3n) is 4.99. The number of carbonyl (C=O) groups excluding carboxylic acids is 2. The third-order valence-corrected chi connectivity index (χ3v) is 7.10. The number of nitrogens with one attached hydrogen (secondary N) is 1. The Balaban J connectivity index is 1.62. The molecule has 1 N–H and O–H groups in total. The number of anilines is 1. The Morgan fingerprint density at radius 1 is 1.03 bits per heavy atom. The van der Waals surface area contributed by atoms with Crippen molar-refractivity contribution in [3.05, 3.63) is 84.3 Å². The van der Waals surface area contributed by atoms with Gasteiger partial charge < -0.3 is 14.6 Å². The second-order valence-electron chi connectivity index (χ2n) is 6.96. The van der Waals surface area contributed by atoms with E-state index in [4.69, 9.17) is 4.42 Å². The fourth-order valence-corrected chi connectivity index (χ4v) is 5.33. The molecule has 2 heterocycles. The van der Waals surface area contributed by atoms with Crippen LogP contribution in [-0.4, -0.2) is 26.8 Å². The third kappa shape index (κ3) is 3.86. The molecule has 1 atom stereocenters. The predicted molar refractivity (Wildman–Crippen MR) is 110 cm³/mol. The maximum Gasteiger partial charge on any atom is 0.240 e. The fraction of sp³-hybridized carbons (Fsp3) is 0.182. The van der Waals surface area contributed by atoms with Crippen LogP contribution < -0.4 is 10.2 Å². The van der Waals surface area contributed by atoms with E-state index in [1.165, 1.54) is 17.2 Å². The van der Waals surface area contributed by atoms with Gasteiger partial charge in [0.05, 0.1) is 23.3 Å². The van der Waals surface area contributed by atoms with Gasteiger partial charge in [0, 0.05) is 6.54 Å². The van der Waals surface area contributed by atoms with Gasteiger partial charge in [0.15, 0.2) is 9.84 Å². The van der Waals surface area contributed by atoms with Gasteiger partial charge in [-0.1, -0.05) is 42.5 Å². The van der Waals surface area contributed by atoms with E-state index in [-0.39, 0.29) is 35.2 Å². The molecule has 4 rings (SSSR count). The van der Waals surface area contributed by atoms with Gasteiger partial charge >= 0.3 is 0 Å². The summed E-state index contributed by atoms with van der Waals surface area (Å²) in [6, 6.07) is 18.7. The summed E-state index contributed by atoms with van der Waals surface area (Å²) in [6.45, 7) is 0.0414. The topological polar surface area (TPSA) is 96.7 Å². The van der Waals surface area contributed by atoms with Crippen molar-refractivity contribution in [1.82, 2.24) is 5.32 Å². The summed E-state index contributed by atoms with van der Waals surface area (Å²) in [6.07, 6.45) is 1.07. The van der Waals surface area contributed by atoms with Gasteiger partial charge in [-0.2, -0.15) is 0 Å². The number of hydrogen-bond donors (Lipinski definition) is 1. The molecule has 2 aromatic carbocycles. The zero-order chi connectivity index (χ0) is 21.1. The largest absolute Gasteiger partial charge is 0.468 e. The van der Waals surface area contributed by atoms with Crippen LogP contribution in [0.1, 0.15) is 23.0 Å². The SMILES string of the molecule is O=C(CN1C(=O)CC(c2ccco2)S(=O)(=O)c2ccccc21)NCc1ccccc1. The molecule has 30 heavy (non-hydrogen) atoms. The Hall–Kier alpha value is -3.39. The fourth-order valence-electron chi connectivity index (χ4n) is 3.48. The van der Waals surface area contributed by atoms with Crippen molar-refractivity contribution in [3.8, 4) is 0 Å². The highest BCUT2D eigenvalue weighted by Crippen LogP contribution is 2.40. The maximum absolute atomic E-state index is 13.3. The summed E-state index contributed by atoms with van der Waals surface area (Å²) >= 11 is 0. The van der Waals surface area contributed by atoms with Crippen molar-refractivity contribution in [1.29, 1.82) is 0 Å². The van der Waals surface area contributed by atoms with Gasteiger partial charge in [0.25, 0.3) is 0 Å². The van der Waals surface area contributed by atoms with E-state index in [0.717, 1.165) is 5.56 Å². The molecule has 0 spiro atoms. The van der Waals surface area contributed by atoms with Gasteiger partial charge in [-0.3, -0.25) is 9.59 Å². The molecular formula is C22H20N2O5S. The first kappa shape index (κ1) is 19.9. The van der Waals surface area contributed by atoms with E-state index in [0.29, 0.717) is 6.54 Å². The van der Waals surface area contributed by atoms with Gasteiger partial charge in [-0.05, 0) is 29.8 Å². The number of fused-ring (bicyclic) bond motifs is 1. The van der Waals surface area contributed by atoms with Crippen LogP contribution in [0.15, 0.2) is 82.3 Å². The average Bonchev–Trinajstić information content (AvgIpc) is 3.27. The molecular weight excluding hydrogens is 404 g/mol. The van der Waals surface area contributed by atoms with Crippen LogP contribution in [0.4, 0.5) is 5.69 Å². The Morgan fingerprint density at radius 3 is 2.50 bits per heavy atom. The number of para-hydroxylation sites is 1. The summed E-state index contributed by atoms with van der Waals surface area (Å²) < 4.78 is 31.8. The van der Waals surface area contributed by atoms with Crippen LogP contribution in [0.25, 0.3) is 0 Å².